The maximum atomic E-state index is 8.99. The standard InChI is InChI=1S/C14H17NOS/c1-2-13(14-4-3-9-17-14)15-12-7-5-11(10-16)6-8-12/h3-9,13,15-16H,2,10H2,1H3. The van der Waals surface area contributed by atoms with Gasteiger partial charge in [-0.1, -0.05) is 25.1 Å². The van der Waals surface area contributed by atoms with E-state index in [9.17, 15) is 0 Å². The molecule has 17 heavy (non-hydrogen) atoms. The largest absolute Gasteiger partial charge is 0.392 e. The number of aliphatic hydroxyl groups excluding tert-OH is 1. The molecule has 2 aromatic rings. The highest BCUT2D eigenvalue weighted by Crippen LogP contribution is 2.26. The van der Waals surface area contributed by atoms with Gasteiger partial charge < -0.3 is 10.4 Å². The molecule has 2 N–H and O–H groups in total. The SMILES string of the molecule is CCC(Nc1ccc(CO)cc1)c1cccs1. The zero-order valence-corrected chi connectivity index (χ0v) is 10.7. The van der Waals surface area contributed by atoms with Crippen LogP contribution in [-0.2, 0) is 6.61 Å². The summed E-state index contributed by atoms with van der Waals surface area (Å²) in [6.45, 7) is 2.28. The number of aliphatic hydroxyl groups is 1. The maximum Gasteiger partial charge on any atom is 0.0681 e. The summed E-state index contributed by atoms with van der Waals surface area (Å²) in [5, 5.41) is 14.6. The van der Waals surface area contributed by atoms with Crippen molar-refractivity contribution in [3.8, 4) is 0 Å². The predicted molar refractivity (Wildman–Crippen MR) is 73.3 cm³/mol. The van der Waals surface area contributed by atoms with E-state index in [2.05, 4.69) is 29.8 Å². The lowest BCUT2D eigenvalue weighted by Gasteiger charge is -2.17. The minimum atomic E-state index is 0.0996. The van der Waals surface area contributed by atoms with Crippen LogP contribution in [-0.4, -0.2) is 5.11 Å². The second kappa shape index (κ2) is 5.84. The van der Waals surface area contributed by atoms with Gasteiger partial charge in [0.25, 0.3) is 0 Å². The van der Waals surface area contributed by atoms with Gasteiger partial charge in [0.05, 0.1) is 12.6 Å². The third-order valence-corrected chi connectivity index (χ3v) is 3.76. The van der Waals surface area contributed by atoms with Crippen molar-refractivity contribution in [1.82, 2.24) is 0 Å². The topological polar surface area (TPSA) is 32.3 Å². The Hall–Kier alpha value is -1.32. The molecule has 2 nitrogen and oxygen atoms in total. The van der Waals surface area contributed by atoms with E-state index < -0.39 is 0 Å². The molecule has 0 saturated carbocycles. The van der Waals surface area contributed by atoms with E-state index in [0.717, 1.165) is 17.7 Å². The lowest BCUT2D eigenvalue weighted by molar-refractivity contribution is 0.282. The van der Waals surface area contributed by atoms with Crippen molar-refractivity contribution in [2.75, 3.05) is 5.32 Å². The molecule has 2 rings (SSSR count). The molecule has 1 atom stereocenters. The van der Waals surface area contributed by atoms with E-state index in [1.54, 1.807) is 11.3 Å². The molecule has 90 valence electrons. The Morgan fingerprint density at radius 1 is 1.24 bits per heavy atom. The number of anilines is 1. The minimum absolute atomic E-state index is 0.0996. The Balaban J connectivity index is 2.07. The Kier molecular flexibility index (Phi) is 4.18. The molecule has 0 aliphatic heterocycles. The number of nitrogens with one attached hydrogen (secondary N) is 1. The first-order valence-electron chi connectivity index (χ1n) is 5.83. The molecule has 0 spiro atoms. The van der Waals surface area contributed by atoms with Crippen LogP contribution in [0.25, 0.3) is 0 Å². The molecule has 0 bridgehead atoms. The summed E-state index contributed by atoms with van der Waals surface area (Å²) in [6, 6.07) is 12.5. The third-order valence-electron chi connectivity index (χ3n) is 2.77. The lowest BCUT2D eigenvalue weighted by Crippen LogP contribution is -2.07. The first kappa shape index (κ1) is 12.1. The van der Waals surface area contributed by atoms with Crippen LogP contribution in [0.5, 0.6) is 0 Å². The average Bonchev–Trinajstić information content (AvgIpc) is 2.90. The normalized spacial score (nSPS) is 12.4. The smallest absolute Gasteiger partial charge is 0.0681 e. The van der Waals surface area contributed by atoms with Crippen LogP contribution in [0.4, 0.5) is 5.69 Å². The second-order valence-corrected chi connectivity index (χ2v) is 4.95. The third kappa shape index (κ3) is 3.08. The molecule has 1 aromatic carbocycles. The van der Waals surface area contributed by atoms with Crippen molar-refractivity contribution >= 4 is 17.0 Å². The zero-order chi connectivity index (χ0) is 12.1. The first-order chi connectivity index (χ1) is 8.33. The molecular weight excluding hydrogens is 230 g/mol. The van der Waals surface area contributed by atoms with Crippen molar-refractivity contribution in [2.24, 2.45) is 0 Å². The van der Waals surface area contributed by atoms with Crippen LogP contribution in [0.2, 0.25) is 0 Å². The van der Waals surface area contributed by atoms with Crippen molar-refractivity contribution in [2.45, 2.75) is 26.0 Å². The molecular formula is C14H17NOS. The fourth-order valence-corrected chi connectivity index (χ4v) is 2.63. The monoisotopic (exact) mass is 247 g/mol. The number of hydrogen-bond acceptors (Lipinski definition) is 3. The molecule has 0 aliphatic rings. The van der Waals surface area contributed by atoms with Crippen LogP contribution in [0.3, 0.4) is 0 Å². The molecule has 1 heterocycles. The Morgan fingerprint density at radius 2 is 2.00 bits per heavy atom. The quantitative estimate of drug-likeness (QED) is 0.842. The van der Waals surface area contributed by atoms with Gasteiger partial charge in [-0.2, -0.15) is 0 Å². The second-order valence-electron chi connectivity index (χ2n) is 3.98. The van der Waals surface area contributed by atoms with E-state index in [-0.39, 0.29) is 6.61 Å². The average molecular weight is 247 g/mol. The van der Waals surface area contributed by atoms with E-state index in [4.69, 9.17) is 5.11 Å². The number of rotatable bonds is 5. The van der Waals surface area contributed by atoms with E-state index in [0.29, 0.717) is 6.04 Å². The number of thiophene rings is 1. The highest BCUT2D eigenvalue weighted by molar-refractivity contribution is 7.10. The summed E-state index contributed by atoms with van der Waals surface area (Å²) >= 11 is 1.78. The highest BCUT2D eigenvalue weighted by atomic mass is 32.1. The Morgan fingerprint density at radius 3 is 2.53 bits per heavy atom. The van der Waals surface area contributed by atoms with Crippen molar-refractivity contribution in [3.05, 3.63) is 52.2 Å². The highest BCUT2D eigenvalue weighted by Gasteiger charge is 2.09. The van der Waals surface area contributed by atoms with Crippen LogP contribution in [0.1, 0.15) is 29.8 Å². The number of benzene rings is 1. The van der Waals surface area contributed by atoms with Crippen LogP contribution in [0.15, 0.2) is 41.8 Å². The molecule has 0 fully saturated rings. The molecule has 0 aliphatic carbocycles. The van der Waals surface area contributed by atoms with Gasteiger partial charge >= 0.3 is 0 Å². The predicted octanol–water partition coefficient (Wildman–Crippen LogP) is 3.80. The van der Waals surface area contributed by atoms with Gasteiger partial charge in [-0.15, -0.1) is 11.3 Å². The minimum Gasteiger partial charge on any atom is -0.392 e. The van der Waals surface area contributed by atoms with Gasteiger partial charge in [0, 0.05) is 10.6 Å². The molecule has 0 amide bonds. The summed E-state index contributed by atoms with van der Waals surface area (Å²) in [7, 11) is 0. The van der Waals surface area contributed by atoms with Gasteiger partial charge in [-0.25, -0.2) is 0 Å². The van der Waals surface area contributed by atoms with Crippen LogP contribution >= 0.6 is 11.3 Å². The molecule has 1 unspecified atom stereocenters. The fourth-order valence-electron chi connectivity index (χ4n) is 1.77. The van der Waals surface area contributed by atoms with E-state index in [1.807, 2.05) is 24.3 Å². The van der Waals surface area contributed by atoms with Crippen molar-refractivity contribution < 1.29 is 5.11 Å². The lowest BCUT2D eigenvalue weighted by atomic mass is 10.1. The van der Waals surface area contributed by atoms with Crippen LogP contribution in [0, 0.1) is 0 Å². The van der Waals surface area contributed by atoms with Gasteiger partial charge in [0.15, 0.2) is 0 Å². The van der Waals surface area contributed by atoms with Gasteiger partial charge in [0.2, 0.25) is 0 Å². The van der Waals surface area contributed by atoms with Crippen LogP contribution < -0.4 is 5.32 Å². The molecule has 0 saturated heterocycles. The first-order valence-corrected chi connectivity index (χ1v) is 6.71. The fraction of sp³-hybridized carbons (Fsp3) is 0.286. The summed E-state index contributed by atoms with van der Waals surface area (Å²) in [5.41, 5.74) is 2.04. The van der Waals surface area contributed by atoms with Crippen molar-refractivity contribution in [1.29, 1.82) is 0 Å². The van der Waals surface area contributed by atoms with E-state index in [1.165, 1.54) is 4.88 Å². The molecule has 0 radical (unpaired) electrons. The Labute approximate surface area is 106 Å². The summed E-state index contributed by atoms with van der Waals surface area (Å²) < 4.78 is 0. The zero-order valence-electron chi connectivity index (χ0n) is 9.89. The van der Waals surface area contributed by atoms with Gasteiger partial charge in [-0.3, -0.25) is 0 Å². The van der Waals surface area contributed by atoms with Crippen molar-refractivity contribution in [3.63, 3.8) is 0 Å². The van der Waals surface area contributed by atoms with Gasteiger partial charge in [0.1, 0.15) is 0 Å². The molecule has 1 aromatic heterocycles. The maximum absolute atomic E-state index is 8.99. The summed E-state index contributed by atoms with van der Waals surface area (Å²) in [6.07, 6.45) is 1.06. The summed E-state index contributed by atoms with van der Waals surface area (Å²) in [5.74, 6) is 0. The summed E-state index contributed by atoms with van der Waals surface area (Å²) in [4.78, 5) is 1.36. The van der Waals surface area contributed by atoms with E-state index >= 15 is 0 Å². The van der Waals surface area contributed by atoms with Gasteiger partial charge in [-0.05, 0) is 35.6 Å². The number of hydrogen-bond donors (Lipinski definition) is 2. The molecule has 3 heteroatoms. The Bertz CT molecular complexity index is 436.